The molecule has 0 radical (unpaired) electrons. The van der Waals surface area contributed by atoms with Crippen molar-refractivity contribution in [2.75, 3.05) is 44.2 Å². The zero-order chi connectivity index (χ0) is 30.7. The first-order valence-electron chi connectivity index (χ1n) is 15.7. The van der Waals surface area contributed by atoms with Crippen LogP contribution in [0.15, 0.2) is 60.7 Å². The third-order valence-corrected chi connectivity index (χ3v) is 9.72. The van der Waals surface area contributed by atoms with Crippen LogP contribution in [0.4, 0.5) is 27.6 Å². The molecule has 2 atom stereocenters. The van der Waals surface area contributed by atoms with Crippen LogP contribution in [0.1, 0.15) is 66.8 Å². The lowest BCUT2D eigenvalue weighted by molar-refractivity contribution is -0.150. The Labute approximate surface area is 256 Å². The highest BCUT2D eigenvalue weighted by Gasteiger charge is 2.40. The minimum atomic E-state index is -4.52. The Balaban J connectivity index is 1.27. The normalized spacial score (nSPS) is 23.2. The van der Waals surface area contributed by atoms with Crippen LogP contribution in [-0.4, -0.2) is 50.3 Å². The Morgan fingerprint density at radius 2 is 1.61 bits per heavy atom. The van der Waals surface area contributed by atoms with E-state index < -0.39 is 30.4 Å². The first-order chi connectivity index (χ1) is 21.2. The van der Waals surface area contributed by atoms with Crippen molar-refractivity contribution >= 4 is 5.69 Å². The molecule has 1 spiro atoms. The van der Waals surface area contributed by atoms with Crippen LogP contribution in [0.3, 0.4) is 0 Å². The van der Waals surface area contributed by atoms with Crippen molar-refractivity contribution < 1.29 is 26.7 Å². The number of hydrogen-bond donors (Lipinski definition) is 1. The molecule has 3 heterocycles. The molecule has 0 saturated carbocycles. The second-order valence-electron chi connectivity index (χ2n) is 12.6. The van der Waals surface area contributed by atoms with Gasteiger partial charge in [-0.05, 0) is 104 Å². The van der Waals surface area contributed by atoms with Gasteiger partial charge in [0.25, 0.3) is 0 Å². The molecule has 0 aliphatic carbocycles. The van der Waals surface area contributed by atoms with Gasteiger partial charge in [0, 0.05) is 30.9 Å². The molecule has 0 bridgehead atoms. The zero-order valence-corrected chi connectivity index (χ0v) is 24.9. The summed E-state index contributed by atoms with van der Waals surface area (Å²) < 4.78 is 79.1. The number of hydrogen-bond acceptors (Lipinski definition) is 4. The van der Waals surface area contributed by atoms with Gasteiger partial charge >= 0.3 is 6.18 Å². The van der Waals surface area contributed by atoms with Crippen molar-refractivity contribution in [3.63, 3.8) is 0 Å². The Morgan fingerprint density at radius 1 is 0.841 bits per heavy atom. The molecule has 3 aromatic carbocycles. The van der Waals surface area contributed by atoms with Gasteiger partial charge in [-0.25, -0.2) is 8.78 Å². The molecule has 9 heteroatoms. The number of benzene rings is 3. The summed E-state index contributed by atoms with van der Waals surface area (Å²) in [7, 11) is 0. The largest absolute Gasteiger partial charge is 0.489 e. The van der Waals surface area contributed by atoms with Gasteiger partial charge < -0.3 is 15.0 Å². The molecule has 2 saturated heterocycles. The van der Waals surface area contributed by atoms with E-state index in [0.717, 1.165) is 67.6 Å². The van der Waals surface area contributed by atoms with E-state index >= 15 is 8.78 Å². The highest BCUT2D eigenvalue weighted by atomic mass is 19.4. The highest BCUT2D eigenvalue weighted by Crippen LogP contribution is 2.43. The minimum absolute atomic E-state index is 0.0169. The second-order valence-corrected chi connectivity index (χ2v) is 12.6. The standard InChI is InChI=1S/C35H40F5N3O/c36-30-21-27(42-17-5-12-34(14-19-42)11-4-15-41-16-13-34)22-31(37)32(30)33-29-9-8-28(44-23-25-6-2-1-3-7-25)20-26(29)10-18-43(33)24-35(38,39)40/h1-3,6-9,20-22,33,41H,4-5,10-19,23-24H2. The maximum Gasteiger partial charge on any atom is 0.401 e. The maximum atomic E-state index is 16.0. The predicted octanol–water partition coefficient (Wildman–Crippen LogP) is 7.80. The molecular weight excluding hydrogens is 573 g/mol. The summed E-state index contributed by atoms with van der Waals surface area (Å²) in [5.41, 5.74) is 2.56. The topological polar surface area (TPSA) is 27.7 Å². The van der Waals surface area contributed by atoms with Crippen molar-refractivity contribution in [3.05, 3.63) is 94.6 Å². The van der Waals surface area contributed by atoms with Gasteiger partial charge in [-0.15, -0.1) is 0 Å². The van der Waals surface area contributed by atoms with E-state index in [4.69, 9.17) is 4.74 Å². The monoisotopic (exact) mass is 613 g/mol. The molecule has 44 heavy (non-hydrogen) atoms. The Bertz CT molecular complexity index is 1400. The Morgan fingerprint density at radius 3 is 2.39 bits per heavy atom. The summed E-state index contributed by atoms with van der Waals surface area (Å²) in [5.74, 6) is -1.06. The molecule has 0 aromatic heterocycles. The third-order valence-electron chi connectivity index (χ3n) is 9.72. The highest BCUT2D eigenvalue weighted by molar-refractivity contribution is 5.52. The number of nitrogens with one attached hydrogen (secondary N) is 1. The predicted molar refractivity (Wildman–Crippen MR) is 162 cm³/mol. The van der Waals surface area contributed by atoms with E-state index in [1.807, 2.05) is 35.2 Å². The number of alkyl halides is 3. The van der Waals surface area contributed by atoms with Crippen LogP contribution < -0.4 is 15.0 Å². The number of halogens is 5. The van der Waals surface area contributed by atoms with Gasteiger partial charge in [0.2, 0.25) is 0 Å². The van der Waals surface area contributed by atoms with Gasteiger partial charge in [-0.1, -0.05) is 36.4 Å². The van der Waals surface area contributed by atoms with Crippen molar-refractivity contribution in [3.8, 4) is 5.75 Å². The number of nitrogens with zero attached hydrogens (tertiary/aromatic N) is 2. The van der Waals surface area contributed by atoms with E-state index in [0.29, 0.717) is 43.1 Å². The van der Waals surface area contributed by atoms with Crippen LogP contribution in [0.25, 0.3) is 0 Å². The van der Waals surface area contributed by atoms with Gasteiger partial charge in [0.05, 0.1) is 12.6 Å². The summed E-state index contributed by atoms with van der Waals surface area (Å²) in [6.07, 6.45) is 2.20. The van der Waals surface area contributed by atoms with Gasteiger partial charge in [-0.2, -0.15) is 13.2 Å². The smallest absolute Gasteiger partial charge is 0.401 e. The Kier molecular flexibility index (Phi) is 9.15. The summed E-state index contributed by atoms with van der Waals surface area (Å²) in [5, 5.41) is 3.48. The molecule has 2 fully saturated rings. The van der Waals surface area contributed by atoms with E-state index in [1.54, 1.807) is 18.2 Å². The van der Waals surface area contributed by atoms with Crippen LogP contribution in [0.5, 0.6) is 5.75 Å². The van der Waals surface area contributed by atoms with E-state index in [9.17, 15) is 13.2 Å². The lowest BCUT2D eigenvalue weighted by Gasteiger charge is -2.38. The molecule has 6 rings (SSSR count). The average Bonchev–Trinajstić information content (AvgIpc) is 3.36. The summed E-state index contributed by atoms with van der Waals surface area (Å²) in [6.45, 7) is 2.53. The second kappa shape index (κ2) is 13.1. The fourth-order valence-corrected chi connectivity index (χ4v) is 7.44. The summed E-state index contributed by atoms with van der Waals surface area (Å²) >= 11 is 0. The molecule has 0 amide bonds. The number of rotatable bonds is 6. The maximum absolute atomic E-state index is 16.0. The van der Waals surface area contributed by atoms with E-state index in [-0.39, 0.29) is 17.5 Å². The first-order valence-corrected chi connectivity index (χ1v) is 15.7. The SMILES string of the molecule is Fc1cc(N2CCCC3(CCCNCC3)CC2)cc(F)c1C1c2ccc(OCc3ccccc3)cc2CCN1CC(F)(F)F. The molecule has 3 aromatic rings. The number of ether oxygens (including phenoxy) is 1. The quantitative estimate of drug-likeness (QED) is 0.287. The van der Waals surface area contributed by atoms with Crippen molar-refractivity contribution in [1.29, 1.82) is 0 Å². The zero-order valence-electron chi connectivity index (χ0n) is 24.9. The third kappa shape index (κ3) is 7.04. The molecule has 236 valence electrons. The molecule has 3 aliphatic heterocycles. The lowest BCUT2D eigenvalue weighted by Crippen LogP contribution is -2.42. The van der Waals surface area contributed by atoms with Gasteiger partial charge in [-0.3, -0.25) is 4.90 Å². The molecule has 1 N–H and O–H groups in total. The van der Waals surface area contributed by atoms with Crippen LogP contribution in [-0.2, 0) is 13.0 Å². The van der Waals surface area contributed by atoms with Crippen molar-refractivity contribution in [2.24, 2.45) is 5.41 Å². The number of anilines is 1. The van der Waals surface area contributed by atoms with Crippen LogP contribution in [0, 0.1) is 17.0 Å². The minimum Gasteiger partial charge on any atom is -0.489 e. The van der Waals surface area contributed by atoms with Crippen molar-refractivity contribution in [2.45, 2.75) is 63.8 Å². The summed E-state index contributed by atoms with van der Waals surface area (Å²) in [4.78, 5) is 3.19. The van der Waals surface area contributed by atoms with Gasteiger partial charge in [0.1, 0.15) is 24.0 Å². The van der Waals surface area contributed by atoms with Crippen LogP contribution >= 0.6 is 0 Å². The lowest BCUT2D eigenvalue weighted by atomic mass is 9.75. The van der Waals surface area contributed by atoms with Crippen LogP contribution in [0.2, 0.25) is 0 Å². The average molecular weight is 614 g/mol. The Hall–Kier alpha value is -3.17. The van der Waals surface area contributed by atoms with E-state index in [2.05, 4.69) is 5.32 Å². The molecule has 2 unspecified atom stereocenters. The molecule has 3 aliphatic rings. The number of fused-ring (bicyclic) bond motifs is 1. The molecule has 4 nitrogen and oxygen atoms in total. The van der Waals surface area contributed by atoms with Gasteiger partial charge in [0.15, 0.2) is 0 Å². The first kappa shape index (κ1) is 30.8. The molecular formula is C35H40F5N3O. The fourth-order valence-electron chi connectivity index (χ4n) is 7.44. The van der Waals surface area contributed by atoms with E-state index in [1.165, 1.54) is 12.1 Å². The summed E-state index contributed by atoms with van der Waals surface area (Å²) in [6, 6.07) is 16.2. The van der Waals surface area contributed by atoms with Crippen molar-refractivity contribution in [1.82, 2.24) is 10.2 Å². The fraction of sp³-hybridized carbons (Fsp3) is 0.486.